The van der Waals surface area contributed by atoms with E-state index in [1.54, 1.807) is 26.0 Å². The van der Waals surface area contributed by atoms with Gasteiger partial charge in [-0.05, 0) is 48.2 Å². The number of halogens is 2. The number of carbonyl (C=O) groups excluding carboxylic acids is 1. The third-order valence-corrected chi connectivity index (χ3v) is 3.98. The van der Waals surface area contributed by atoms with Gasteiger partial charge in [-0.3, -0.25) is 4.79 Å². The first-order chi connectivity index (χ1) is 13.3. The molecule has 2 rings (SSSR count). The van der Waals surface area contributed by atoms with Crippen LogP contribution in [0.3, 0.4) is 0 Å². The minimum absolute atomic E-state index is 0.218. The van der Waals surface area contributed by atoms with Gasteiger partial charge in [-0.25, -0.2) is 0 Å². The molecule has 0 spiro atoms. The molecule has 2 aromatic carbocycles. The van der Waals surface area contributed by atoms with Crippen LogP contribution in [0.5, 0.6) is 17.2 Å². The van der Waals surface area contributed by atoms with Gasteiger partial charge in [-0.2, -0.15) is 8.78 Å². The van der Waals surface area contributed by atoms with Crippen molar-refractivity contribution in [3.63, 3.8) is 0 Å². The second-order valence-corrected chi connectivity index (χ2v) is 6.28. The Bertz CT molecular complexity index is 805. The third-order valence-electron chi connectivity index (χ3n) is 3.98. The number of rotatable bonds is 10. The number of ether oxygens (including phenoxy) is 3. The van der Waals surface area contributed by atoms with Gasteiger partial charge in [-0.15, -0.1) is 0 Å². The Morgan fingerprint density at radius 3 is 2.29 bits per heavy atom. The Labute approximate surface area is 162 Å². The van der Waals surface area contributed by atoms with Crippen LogP contribution in [-0.4, -0.2) is 26.2 Å². The highest BCUT2D eigenvalue weighted by molar-refractivity contribution is 5.75. The molecule has 0 aliphatic heterocycles. The SMILES string of the molecule is COc1cc(CNCc2cc(C)c(OC(F)F)c(C)c2)ccc1OCC(N)=O. The van der Waals surface area contributed by atoms with E-state index in [-0.39, 0.29) is 12.4 Å². The van der Waals surface area contributed by atoms with Crippen molar-refractivity contribution in [3.8, 4) is 17.2 Å². The Hall–Kier alpha value is -2.87. The zero-order valence-electron chi connectivity index (χ0n) is 16.1. The van der Waals surface area contributed by atoms with Crippen LogP contribution in [0.4, 0.5) is 8.78 Å². The fraction of sp³-hybridized carbons (Fsp3) is 0.350. The topological polar surface area (TPSA) is 82.8 Å². The number of alkyl halides is 2. The van der Waals surface area contributed by atoms with E-state index in [2.05, 4.69) is 10.1 Å². The number of nitrogens with one attached hydrogen (secondary N) is 1. The summed E-state index contributed by atoms with van der Waals surface area (Å²) < 4.78 is 40.1. The number of benzene rings is 2. The number of hydrogen-bond acceptors (Lipinski definition) is 5. The second-order valence-electron chi connectivity index (χ2n) is 6.28. The summed E-state index contributed by atoms with van der Waals surface area (Å²) in [4.78, 5) is 10.8. The molecule has 28 heavy (non-hydrogen) atoms. The zero-order valence-corrected chi connectivity index (χ0v) is 16.1. The molecule has 0 aromatic heterocycles. The first-order valence-corrected chi connectivity index (χ1v) is 8.63. The van der Waals surface area contributed by atoms with Gasteiger partial charge in [0.2, 0.25) is 0 Å². The smallest absolute Gasteiger partial charge is 0.387 e. The first kappa shape index (κ1) is 21.4. The monoisotopic (exact) mass is 394 g/mol. The average Bonchev–Trinajstić information content (AvgIpc) is 2.63. The molecule has 8 heteroatoms. The Kier molecular flexibility index (Phi) is 7.57. The van der Waals surface area contributed by atoms with Crippen molar-refractivity contribution >= 4 is 5.91 Å². The molecular weight excluding hydrogens is 370 g/mol. The van der Waals surface area contributed by atoms with Crippen molar-refractivity contribution in [2.24, 2.45) is 5.73 Å². The van der Waals surface area contributed by atoms with E-state index in [1.807, 2.05) is 18.2 Å². The van der Waals surface area contributed by atoms with E-state index in [9.17, 15) is 13.6 Å². The fourth-order valence-electron chi connectivity index (χ4n) is 2.86. The van der Waals surface area contributed by atoms with Gasteiger partial charge in [-0.1, -0.05) is 18.2 Å². The number of hydrogen-bond donors (Lipinski definition) is 2. The molecule has 0 saturated carbocycles. The minimum atomic E-state index is -2.84. The van der Waals surface area contributed by atoms with E-state index < -0.39 is 12.5 Å². The summed E-state index contributed by atoms with van der Waals surface area (Å²) in [6.45, 7) is 1.52. The molecular formula is C20H24F2N2O4. The van der Waals surface area contributed by atoms with Crippen LogP contribution in [0.1, 0.15) is 22.3 Å². The van der Waals surface area contributed by atoms with Gasteiger partial charge >= 0.3 is 6.61 Å². The molecule has 0 bridgehead atoms. The van der Waals surface area contributed by atoms with Crippen molar-refractivity contribution in [2.75, 3.05) is 13.7 Å². The molecule has 0 unspecified atom stereocenters. The summed E-state index contributed by atoms with van der Waals surface area (Å²) in [5.74, 6) is 0.588. The van der Waals surface area contributed by atoms with Crippen LogP contribution < -0.4 is 25.3 Å². The summed E-state index contributed by atoms with van der Waals surface area (Å²) in [5, 5.41) is 3.29. The number of carbonyl (C=O) groups is 1. The van der Waals surface area contributed by atoms with E-state index in [1.165, 1.54) is 7.11 Å². The summed E-state index contributed by atoms with van der Waals surface area (Å²) >= 11 is 0. The van der Waals surface area contributed by atoms with Crippen molar-refractivity contribution in [2.45, 2.75) is 33.5 Å². The number of methoxy groups -OCH3 is 1. The van der Waals surface area contributed by atoms with E-state index in [0.29, 0.717) is 35.7 Å². The molecule has 2 aromatic rings. The van der Waals surface area contributed by atoms with Gasteiger partial charge in [0.1, 0.15) is 5.75 Å². The first-order valence-electron chi connectivity index (χ1n) is 8.63. The predicted molar refractivity (Wildman–Crippen MR) is 101 cm³/mol. The Morgan fingerprint density at radius 2 is 1.71 bits per heavy atom. The molecule has 0 heterocycles. The maximum absolute atomic E-state index is 12.5. The zero-order chi connectivity index (χ0) is 20.7. The van der Waals surface area contributed by atoms with E-state index >= 15 is 0 Å². The van der Waals surface area contributed by atoms with E-state index in [0.717, 1.165) is 11.1 Å². The van der Waals surface area contributed by atoms with Gasteiger partial charge in [0.15, 0.2) is 18.1 Å². The maximum Gasteiger partial charge on any atom is 0.387 e. The highest BCUT2D eigenvalue weighted by Gasteiger charge is 2.12. The molecule has 0 atom stereocenters. The van der Waals surface area contributed by atoms with Crippen LogP contribution in [0.15, 0.2) is 30.3 Å². The normalized spacial score (nSPS) is 10.8. The maximum atomic E-state index is 12.5. The van der Waals surface area contributed by atoms with E-state index in [4.69, 9.17) is 15.2 Å². The third kappa shape index (κ3) is 6.09. The van der Waals surface area contributed by atoms with Crippen molar-refractivity contribution in [1.29, 1.82) is 0 Å². The van der Waals surface area contributed by atoms with Gasteiger partial charge in [0, 0.05) is 13.1 Å². The number of primary amides is 1. The highest BCUT2D eigenvalue weighted by Crippen LogP contribution is 2.28. The molecule has 0 fully saturated rings. The van der Waals surface area contributed by atoms with Gasteiger partial charge in [0.25, 0.3) is 5.91 Å². The lowest BCUT2D eigenvalue weighted by molar-refractivity contribution is -0.119. The molecule has 0 aliphatic carbocycles. The summed E-state index contributed by atoms with van der Waals surface area (Å²) in [6, 6.07) is 9.00. The lowest BCUT2D eigenvalue weighted by atomic mass is 10.1. The quantitative estimate of drug-likeness (QED) is 0.647. The van der Waals surface area contributed by atoms with Crippen LogP contribution >= 0.6 is 0 Å². The lowest BCUT2D eigenvalue weighted by Crippen LogP contribution is -2.20. The second kappa shape index (κ2) is 9.89. The number of nitrogens with two attached hydrogens (primary N) is 1. The number of aryl methyl sites for hydroxylation is 2. The standard InChI is InChI=1S/C20H24F2N2O4/c1-12-6-15(7-13(2)19(12)28-20(21)22)10-24-9-14-4-5-16(17(8-14)26-3)27-11-18(23)25/h4-8,20,24H,9-11H2,1-3H3,(H2,23,25). The average molecular weight is 394 g/mol. The van der Waals surface area contributed by atoms with Crippen LogP contribution in [0, 0.1) is 13.8 Å². The Morgan fingerprint density at radius 1 is 1.07 bits per heavy atom. The number of amides is 1. The molecule has 152 valence electrons. The molecule has 0 radical (unpaired) electrons. The fourth-order valence-corrected chi connectivity index (χ4v) is 2.86. The van der Waals surface area contributed by atoms with Crippen LogP contribution in [0.2, 0.25) is 0 Å². The van der Waals surface area contributed by atoms with Crippen LogP contribution in [-0.2, 0) is 17.9 Å². The molecule has 0 aliphatic rings. The van der Waals surface area contributed by atoms with Crippen molar-refractivity contribution in [3.05, 3.63) is 52.6 Å². The largest absolute Gasteiger partial charge is 0.493 e. The highest BCUT2D eigenvalue weighted by atomic mass is 19.3. The summed E-state index contributed by atoms with van der Waals surface area (Å²) in [5.41, 5.74) is 8.32. The van der Waals surface area contributed by atoms with Gasteiger partial charge < -0.3 is 25.3 Å². The molecule has 6 nitrogen and oxygen atoms in total. The predicted octanol–water partition coefficient (Wildman–Crippen LogP) is 3.07. The molecule has 0 saturated heterocycles. The Balaban J connectivity index is 1.98. The van der Waals surface area contributed by atoms with Crippen molar-refractivity contribution < 1.29 is 27.8 Å². The lowest BCUT2D eigenvalue weighted by Gasteiger charge is -2.14. The minimum Gasteiger partial charge on any atom is -0.493 e. The van der Waals surface area contributed by atoms with Crippen molar-refractivity contribution in [1.82, 2.24) is 5.32 Å². The molecule has 3 N–H and O–H groups in total. The summed E-state index contributed by atoms with van der Waals surface area (Å²) in [6.07, 6.45) is 0. The van der Waals surface area contributed by atoms with Gasteiger partial charge in [0.05, 0.1) is 7.11 Å². The summed E-state index contributed by atoms with van der Waals surface area (Å²) in [7, 11) is 1.51. The van der Waals surface area contributed by atoms with Crippen LogP contribution in [0.25, 0.3) is 0 Å². The molecule has 1 amide bonds.